The standard InChI is InChI=1S/C22H18BrN3O4/c23-16-5-7-20(24-13-16)26-22(28)15-2-1-3-17(12-15)25-21(27)11-14-4-6-18-19(10-14)30-9-8-29-18/h1-7,10,12-13H,8-9,11H2,(H,25,27)(H,24,26,28). The van der Waals surface area contributed by atoms with Crippen molar-refractivity contribution in [1.82, 2.24) is 4.98 Å². The van der Waals surface area contributed by atoms with E-state index in [9.17, 15) is 9.59 Å². The Hall–Kier alpha value is -3.39. The highest BCUT2D eigenvalue weighted by Crippen LogP contribution is 2.31. The summed E-state index contributed by atoms with van der Waals surface area (Å²) in [6.45, 7) is 1.02. The van der Waals surface area contributed by atoms with E-state index in [4.69, 9.17) is 9.47 Å². The van der Waals surface area contributed by atoms with Gasteiger partial charge in [-0.2, -0.15) is 0 Å². The highest BCUT2D eigenvalue weighted by molar-refractivity contribution is 9.10. The van der Waals surface area contributed by atoms with Crippen molar-refractivity contribution in [2.45, 2.75) is 6.42 Å². The van der Waals surface area contributed by atoms with Gasteiger partial charge in [-0.25, -0.2) is 4.98 Å². The highest BCUT2D eigenvalue weighted by atomic mass is 79.9. The number of ether oxygens (including phenoxy) is 2. The molecule has 152 valence electrons. The fourth-order valence-corrected chi connectivity index (χ4v) is 3.20. The molecule has 0 atom stereocenters. The fraction of sp³-hybridized carbons (Fsp3) is 0.136. The lowest BCUT2D eigenvalue weighted by Crippen LogP contribution is -2.17. The molecule has 3 aromatic rings. The largest absolute Gasteiger partial charge is 0.486 e. The number of rotatable bonds is 5. The van der Waals surface area contributed by atoms with Gasteiger partial charge in [0.2, 0.25) is 5.91 Å². The van der Waals surface area contributed by atoms with Crippen LogP contribution >= 0.6 is 15.9 Å². The predicted molar refractivity (Wildman–Crippen MR) is 116 cm³/mol. The lowest BCUT2D eigenvalue weighted by atomic mass is 10.1. The van der Waals surface area contributed by atoms with Gasteiger partial charge in [0, 0.05) is 21.9 Å². The molecular weight excluding hydrogens is 450 g/mol. The molecule has 2 amide bonds. The molecule has 0 saturated carbocycles. The molecule has 30 heavy (non-hydrogen) atoms. The monoisotopic (exact) mass is 467 g/mol. The van der Waals surface area contributed by atoms with E-state index < -0.39 is 0 Å². The highest BCUT2D eigenvalue weighted by Gasteiger charge is 2.14. The number of halogens is 1. The minimum absolute atomic E-state index is 0.176. The van der Waals surface area contributed by atoms with Crippen LogP contribution in [0.2, 0.25) is 0 Å². The van der Waals surface area contributed by atoms with Gasteiger partial charge in [0.05, 0.1) is 6.42 Å². The van der Waals surface area contributed by atoms with Crippen LogP contribution < -0.4 is 20.1 Å². The molecule has 2 aromatic carbocycles. The van der Waals surface area contributed by atoms with Crippen molar-refractivity contribution in [3.63, 3.8) is 0 Å². The molecule has 1 aromatic heterocycles. The van der Waals surface area contributed by atoms with Gasteiger partial charge in [-0.05, 0) is 64.0 Å². The van der Waals surface area contributed by atoms with E-state index in [1.54, 1.807) is 48.7 Å². The van der Waals surface area contributed by atoms with Crippen LogP contribution in [0.15, 0.2) is 65.3 Å². The third-order valence-electron chi connectivity index (χ3n) is 4.35. The Bertz CT molecular complexity index is 1090. The van der Waals surface area contributed by atoms with Crippen molar-refractivity contribution in [2.75, 3.05) is 23.8 Å². The molecule has 7 nitrogen and oxygen atoms in total. The Balaban J connectivity index is 1.39. The number of amides is 2. The zero-order chi connectivity index (χ0) is 20.9. The number of carbonyl (C=O) groups excluding carboxylic acids is 2. The Labute approximate surface area is 181 Å². The lowest BCUT2D eigenvalue weighted by Gasteiger charge is -2.18. The lowest BCUT2D eigenvalue weighted by molar-refractivity contribution is -0.115. The molecule has 1 aliphatic rings. The number of nitrogens with one attached hydrogen (secondary N) is 2. The number of anilines is 2. The van der Waals surface area contributed by atoms with Gasteiger partial charge in [0.25, 0.3) is 5.91 Å². The number of nitrogens with zero attached hydrogens (tertiary/aromatic N) is 1. The van der Waals surface area contributed by atoms with E-state index in [1.165, 1.54) is 0 Å². The summed E-state index contributed by atoms with van der Waals surface area (Å²) in [6, 6.07) is 15.7. The summed E-state index contributed by atoms with van der Waals surface area (Å²) >= 11 is 3.30. The van der Waals surface area contributed by atoms with Gasteiger partial charge < -0.3 is 20.1 Å². The zero-order valence-electron chi connectivity index (χ0n) is 15.9. The zero-order valence-corrected chi connectivity index (χ0v) is 17.4. The van der Waals surface area contributed by atoms with E-state index in [1.807, 2.05) is 12.1 Å². The molecule has 2 N–H and O–H groups in total. The Morgan fingerprint density at radius 3 is 2.60 bits per heavy atom. The van der Waals surface area contributed by atoms with E-state index in [2.05, 4.69) is 31.5 Å². The summed E-state index contributed by atoms with van der Waals surface area (Å²) in [5.41, 5.74) is 1.76. The molecule has 1 aliphatic heterocycles. The number of hydrogen-bond donors (Lipinski definition) is 2. The minimum Gasteiger partial charge on any atom is -0.486 e. The molecule has 0 spiro atoms. The summed E-state index contributed by atoms with van der Waals surface area (Å²) in [5, 5.41) is 5.55. The SMILES string of the molecule is O=C(Cc1ccc2c(c1)OCCO2)Nc1cccc(C(=O)Nc2ccc(Br)cn2)c1. The van der Waals surface area contributed by atoms with Crippen LogP contribution in [-0.4, -0.2) is 30.0 Å². The molecule has 0 radical (unpaired) electrons. The molecule has 0 saturated heterocycles. The van der Waals surface area contributed by atoms with Crippen molar-refractivity contribution >= 4 is 39.2 Å². The van der Waals surface area contributed by atoms with Crippen LogP contribution in [0.3, 0.4) is 0 Å². The normalized spacial score (nSPS) is 12.2. The Morgan fingerprint density at radius 1 is 0.967 bits per heavy atom. The molecule has 0 bridgehead atoms. The average molecular weight is 468 g/mol. The molecule has 0 aliphatic carbocycles. The second kappa shape index (κ2) is 8.96. The first-order valence-corrected chi connectivity index (χ1v) is 10.1. The van der Waals surface area contributed by atoms with Crippen molar-refractivity contribution in [3.8, 4) is 11.5 Å². The van der Waals surface area contributed by atoms with Crippen LogP contribution in [-0.2, 0) is 11.2 Å². The first-order valence-electron chi connectivity index (χ1n) is 9.28. The van der Waals surface area contributed by atoms with Crippen molar-refractivity contribution in [1.29, 1.82) is 0 Å². The quantitative estimate of drug-likeness (QED) is 0.590. The van der Waals surface area contributed by atoms with Gasteiger partial charge in [-0.1, -0.05) is 12.1 Å². The molecule has 4 rings (SSSR count). The number of pyridine rings is 1. The van der Waals surface area contributed by atoms with Crippen LogP contribution in [0.25, 0.3) is 0 Å². The van der Waals surface area contributed by atoms with Crippen LogP contribution in [0.5, 0.6) is 11.5 Å². The van der Waals surface area contributed by atoms with Crippen molar-refractivity contribution < 1.29 is 19.1 Å². The van der Waals surface area contributed by atoms with Gasteiger partial charge >= 0.3 is 0 Å². The number of aromatic nitrogens is 1. The summed E-state index contributed by atoms with van der Waals surface area (Å²) < 4.78 is 11.9. The topological polar surface area (TPSA) is 89.5 Å². The smallest absolute Gasteiger partial charge is 0.256 e. The first kappa shape index (κ1) is 19.9. The van der Waals surface area contributed by atoms with Crippen LogP contribution in [0, 0.1) is 0 Å². The molecule has 8 heteroatoms. The summed E-state index contributed by atoms with van der Waals surface area (Å²) in [6.07, 6.45) is 1.78. The van der Waals surface area contributed by atoms with Gasteiger partial charge in [-0.15, -0.1) is 0 Å². The van der Waals surface area contributed by atoms with Crippen LogP contribution in [0.1, 0.15) is 15.9 Å². The van der Waals surface area contributed by atoms with E-state index in [-0.39, 0.29) is 18.2 Å². The van der Waals surface area contributed by atoms with Gasteiger partial charge in [0.1, 0.15) is 19.0 Å². The number of hydrogen-bond acceptors (Lipinski definition) is 5. The minimum atomic E-state index is -0.312. The fourth-order valence-electron chi connectivity index (χ4n) is 2.96. The van der Waals surface area contributed by atoms with Gasteiger partial charge in [-0.3, -0.25) is 9.59 Å². The maximum Gasteiger partial charge on any atom is 0.256 e. The number of carbonyl (C=O) groups is 2. The predicted octanol–water partition coefficient (Wildman–Crippen LogP) is 4.05. The molecule has 2 heterocycles. The summed E-state index contributed by atoms with van der Waals surface area (Å²) in [4.78, 5) is 29.0. The van der Waals surface area contributed by atoms with Gasteiger partial charge in [0.15, 0.2) is 11.5 Å². The summed E-state index contributed by atoms with van der Waals surface area (Å²) in [5.74, 6) is 1.26. The summed E-state index contributed by atoms with van der Waals surface area (Å²) in [7, 11) is 0. The van der Waals surface area contributed by atoms with Crippen molar-refractivity contribution in [3.05, 3.63) is 76.4 Å². The van der Waals surface area contributed by atoms with E-state index in [0.29, 0.717) is 41.8 Å². The van der Waals surface area contributed by atoms with E-state index >= 15 is 0 Å². The van der Waals surface area contributed by atoms with Crippen molar-refractivity contribution in [2.24, 2.45) is 0 Å². The number of fused-ring (bicyclic) bond motifs is 1. The Morgan fingerprint density at radius 2 is 1.80 bits per heavy atom. The molecule has 0 fully saturated rings. The first-order chi connectivity index (χ1) is 14.6. The second-order valence-electron chi connectivity index (χ2n) is 6.60. The average Bonchev–Trinajstić information content (AvgIpc) is 2.75. The second-order valence-corrected chi connectivity index (χ2v) is 7.52. The Kier molecular flexibility index (Phi) is 5.94. The molecule has 0 unspecified atom stereocenters. The van der Waals surface area contributed by atoms with Crippen LogP contribution in [0.4, 0.5) is 11.5 Å². The maximum atomic E-state index is 12.5. The third kappa shape index (κ3) is 4.96. The third-order valence-corrected chi connectivity index (χ3v) is 4.82. The van der Waals surface area contributed by atoms with E-state index in [0.717, 1.165) is 10.0 Å². The maximum absolute atomic E-state index is 12.5. The molecular formula is C22H18BrN3O4. The number of benzene rings is 2.